The minimum atomic E-state index is -5.27. The number of hydrogen-bond acceptors (Lipinski definition) is 0. The fraction of sp³-hybridized carbons (Fsp3) is 0.0769. The fourth-order valence-electron chi connectivity index (χ4n) is 1.84. The zero-order chi connectivity index (χ0) is 16.8. The Hall–Kier alpha value is -2.19. The lowest BCUT2D eigenvalue weighted by Gasteiger charge is -2.15. The average Bonchev–Trinajstić information content (AvgIpc) is 2.43. The monoisotopic (exact) mass is 330 g/mol. The minimum Gasteiger partial charge on any atom is -0.206 e. The summed E-state index contributed by atoms with van der Waals surface area (Å²) >= 11 is 0. The molecule has 0 aliphatic carbocycles. The molecule has 0 aliphatic heterocycles. The third-order valence-corrected chi connectivity index (χ3v) is 2.78. The Bertz CT molecular complexity index is 717. The number of benzene rings is 2. The van der Waals surface area contributed by atoms with E-state index in [-0.39, 0.29) is 6.07 Å². The number of hydrogen-bond donors (Lipinski definition) is 0. The zero-order valence-electron chi connectivity index (χ0n) is 10.1. The molecule has 0 saturated heterocycles. The normalized spacial score (nSPS) is 11.9. The van der Waals surface area contributed by atoms with Crippen molar-refractivity contribution in [3.63, 3.8) is 0 Å². The van der Waals surface area contributed by atoms with Gasteiger partial charge in [0.1, 0.15) is 5.82 Å². The Morgan fingerprint density at radius 2 is 1.05 bits per heavy atom. The van der Waals surface area contributed by atoms with Gasteiger partial charge in [-0.2, -0.15) is 13.2 Å². The lowest BCUT2D eigenvalue weighted by Crippen LogP contribution is -2.12. The van der Waals surface area contributed by atoms with Crippen molar-refractivity contribution < 1.29 is 39.5 Å². The number of halogens is 9. The van der Waals surface area contributed by atoms with Gasteiger partial charge in [-0.25, -0.2) is 26.3 Å². The molecule has 0 saturated carbocycles. The van der Waals surface area contributed by atoms with E-state index < -0.39 is 57.8 Å². The lowest BCUT2D eigenvalue weighted by atomic mass is 9.97. The molecular weight excluding hydrogens is 327 g/mol. The second-order valence-electron chi connectivity index (χ2n) is 4.11. The van der Waals surface area contributed by atoms with Crippen molar-refractivity contribution in [2.75, 3.05) is 0 Å². The van der Waals surface area contributed by atoms with Gasteiger partial charge in [-0.05, 0) is 12.1 Å². The van der Waals surface area contributed by atoms with E-state index in [0.717, 1.165) is 0 Å². The summed E-state index contributed by atoms with van der Waals surface area (Å²) in [5.74, 6) is -14.4. The van der Waals surface area contributed by atoms with E-state index in [0.29, 0.717) is 12.1 Å². The Balaban J connectivity index is 2.96. The summed E-state index contributed by atoms with van der Waals surface area (Å²) in [6.45, 7) is 0. The van der Waals surface area contributed by atoms with Crippen LogP contribution in [0, 0.1) is 34.9 Å². The molecule has 9 heteroatoms. The molecule has 0 aromatic heterocycles. The fourth-order valence-corrected chi connectivity index (χ4v) is 1.84. The Morgan fingerprint density at radius 3 is 1.50 bits per heavy atom. The highest BCUT2D eigenvalue weighted by molar-refractivity contribution is 5.70. The third-order valence-electron chi connectivity index (χ3n) is 2.78. The zero-order valence-corrected chi connectivity index (χ0v) is 10.1. The summed E-state index contributed by atoms with van der Waals surface area (Å²) in [6, 6.07) is 1.26. The Morgan fingerprint density at radius 1 is 0.591 bits per heavy atom. The van der Waals surface area contributed by atoms with Gasteiger partial charge in [-0.15, -0.1) is 0 Å². The van der Waals surface area contributed by atoms with Gasteiger partial charge in [-0.3, -0.25) is 0 Å². The molecule has 0 unspecified atom stereocenters. The van der Waals surface area contributed by atoms with Crippen molar-refractivity contribution in [3.8, 4) is 11.1 Å². The molecule has 0 spiro atoms. The maximum atomic E-state index is 13.6. The van der Waals surface area contributed by atoms with Gasteiger partial charge in [-0.1, -0.05) is 6.07 Å². The highest BCUT2D eigenvalue weighted by atomic mass is 19.4. The van der Waals surface area contributed by atoms with E-state index in [4.69, 9.17) is 0 Å². The number of rotatable bonds is 1. The van der Waals surface area contributed by atoms with Crippen LogP contribution in [0.5, 0.6) is 0 Å². The highest BCUT2D eigenvalue weighted by Gasteiger charge is 2.38. The molecule has 0 N–H and O–H groups in total. The molecular formula is C13H3F9. The topological polar surface area (TPSA) is 0 Å². The van der Waals surface area contributed by atoms with Gasteiger partial charge in [0.2, 0.25) is 5.82 Å². The van der Waals surface area contributed by atoms with Gasteiger partial charge >= 0.3 is 6.18 Å². The molecule has 0 radical (unpaired) electrons. The van der Waals surface area contributed by atoms with Gasteiger partial charge in [0, 0.05) is 5.56 Å². The van der Waals surface area contributed by atoms with E-state index in [1.54, 1.807) is 0 Å². The second kappa shape index (κ2) is 5.22. The lowest BCUT2D eigenvalue weighted by molar-refractivity contribution is -0.137. The first-order valence-corrected chi connectivity index (χ1v) is 5.44. The van der Waals surface area contributed by atoms with Crippen molar-refractivity contribution in [2.45, 2.75) is 6.18 Å². The van der Waals surface area contributed by atoms with Crippen LogP contribution in [-0.2, 0) is 6.18 Å². The highest BCUT2D eigenvalue weighted by Crippen LogP contribution is 2.41. The van der Waals surface area contributed by atoms with Crippen LogP contribution in [0.2, 0.25) is 0 Å². The summed E-state index contributed by atoms with van der Waals surface area (Å²) in [4.78, 5) is 0. The maximum Gasteiger partial charge on any atom is 0.417 e. The van der Waals surface area contributed by atoms with Gasteiger partial charge < -0.3 is 0 Å². The molecule has 2 aromatic carbocycles. The molecule has 0 fully saturated rings. The first-order chi connectivity index (χ1) is 10.1. The molecule has 22 heavy (non-hydrogen) atoms. The van der Waals surface area contributed by atoms with E-state index in [1.807, 2.05) is 0 Å². The molecule has 2 aromatic rings. The summed E-state index contributed by atoms with van der Waals surface area (Å²) in [5, 5.41) is 0. The van der Waals surface area contributed by atoms with Crippen molar-refractivity contribution in [2.24, 2.45) is 0 Å². The number of alkyl halides is 3. The van der Waals surface area contributed by atoms with Crippen LogP contribution in [-0.4, -0.2) is 0 Å². The van der Waals surface area contributed by atoms with Crippen molar-refractivity contribution in [1.29, 1.82) is 0 Å². The molecule has 0 heterocycles. The molecule has 0 aliphatic rings. The summed E-state index contributed by atoms with van der Waals surface area (Å²) in [7, 11) is 0. The first kappa shape index (κ1) is 16.2. The molecule has 118 valence electrons. The molecule has 0 nitrogen and oxygen atoms in total. The van der Waals surface area contributed by atoms with E-state index in [2.05, 4.69) is 0 Å². The van der Waals surface area contributed by atoms with Crippen LogP contribution < -0.4 is 0 Å². The first-order valence-electron chi connectivity index (χ1n) is 5.44. The van der Waals surface area contributed by atoms with Crippen molar-refractivity contribution in [3.05, 3.63) is 58.7 Å². The van der Waals surface area contributed by atoms with Crippen LogP contribution in [0.1, 0.15) is 5.56 Å². The maximum absolute atomic E-state index is 13.6. The molecule has 0 amide bonds. The predicted molar refractivity (Wildman–Crippen MR) is 56.6 cm³/mol. The smallest absolute Gasteiger partial charge is 0.206 e. The van der Waals surface area contributed by atoms with Gasteiger partial charge in [0.15, 0.2) is 23.3 Å². The minimum absolute atomic E-state index is 0.260. The SMILES string of the molecule is Fc1cccc(C(F)(F)F)c1-c1c(F)c(F)c(F)c(F)c1F. The van der Waals surface area contributed by atoms with Gasteiger partial charge in [0.25, 0.3) is 0 Å². The largest absolute Gasteiger partial charge is 0.417 e. The standard InChI is InChI=1S/C13H3F9/c14-5-3-1-2-4(13(20,21)22)6(5)7-8(15)10(17)12(19)11(18)9(7)16/h1-3H. The van der Waals surface area contributed by atoms with Crippen LogP contribution in [0.3, 0.4) is 0 Å². The Kier molecular flexibility index (Phi) is 3.84. The summed E-state index contributed by atoms with van der Waals surface area (Å²) < 4.78 is 118. The van der Waals surface area contributed by atoms with Gasteiger partial charge in [0.05, 0.1) is 11.1 Å². The van der Waals surface area contributed by atoms with E-state index in [9.17, 15) is 39.5 Å². The summed E-state index contributed by atoms with van der Waals surface area (Å²) in [6.07, 6.45) is -5.27. The van der Waals surface area contributed by atoms with Crippen molar-refractivity contribution >= 4 is 0 Å². The quantitative estimate of drug-likeness (QED) is 0.383. The third kappa shape index (κ3) is 2.40. The average molecular weight is 330 g/mol. The van der Waals surface area contributed by atoms with Crippen LogP contribution in [0.25, 0.3) is 11.1 Å². The van der Waals surface area contributed by atoms with Crippen LogP contribution >= 0.6 is 0 Å². The predicted octanol–water partition coefficient (Wildman–Crippen LogP) is 5.21. The van der Waals surface area contributed by atoms with Crippen LogP contribution in [0.15, 0.2) is 18.2 Å². The van der Waals surface area contributed by atoms with E-state index in [1.165, 1.54) is 0 Å². The van der Waals surface area contributed by atoms with Crippen LogP contribution in [0.4, 0.5) is 39.5 Å². The van der Waals surface area contributed by atoms with Crippen molar-refractivity contribution in [1.82, 2.24) is 0 Å². The summed E-state index contributed by atoms with van der Waals surface area (Å²) in [5.41, 5.74) is -5.58. The second-order valence-corrected chi connectivity index (χ2v) is 4.11. The van der Waals surface area contributed by atoms with E-state index >= 15 is 0 Å². The molecule has 2 rings (SSSR count). The molecule has 0 bridgehead atoms. The Labute approximate surface area is 116 Å². The molecule has 0 atom stereocenters.